The number of nitrogens with one attached hydrogen (secondary N) is 2. The molecule has 0 atom stereocenters. The van der Waals surface area contributed by atoms with Gasteiger partial charge in [-0.05, 0) is 60.7 Å². The van der Waals surface area contributed by atoms with Gasteiger partial charge in [-0.15, -0.1) is 0 Å². The molecule has 6 nitrogen and oxygen atoms in total. The van der Waals surface area contributed by atoms with Gasteiger partial charge >= 0.3 is 85.5 Å². The Morgan fingerprint density at radius 1 is 0.383 bits per heavy atom. The molecule has 1 aliphatic rings. The molecule has 47 heavy (non-hydrogen) atoms. The van der Waals surface area contributed by atoms with Crippen LogP contribution in [0.15, 0.2) is 122 Å². The standard InChI is InChI=1S/2C10H8N2.C6H6N2.2F6P.Ru/c2*1-3-7-11-9(5-1)10-6-2-4-8-12-10;7-5-3-1-2-4-6(5)8;2*1-7(2,3,4,5)6;/h2*1-8H;1-4,7-8H;;;/q;;;2*-1;+2. The Hall–Kier alpha value is -3.94. The molecule has 0 aliphatic heterocycles. The molecule has 0 amide bonds. The molecule has 0 saturated heterocycles. The van der Waals surface area contributed by atoms with Gasteiger partial charge in [0.25, 0.3) is 0 Å². The van der Waals surface area contributed by atoms with Gasteiger partial charge in [0.1, 0.15) is 0 Å². The van der Waals surface area contributed by atoms with Crippen molar-refractivity contribution < 1.29 is 69.8 Å². The molecule has 0 bridgehead atoms. The maximum atomic E-state index is 9.87. The van der Waals surface area contributed by atoms with E-state index in [4.69, 9.17) is 10.8 Å². The molecule has 0 saturated carbocycles. The monoisotopic (exact) mass is 810 g/mol. The number of pyridine rings is 4. The molecular formula is C26H22F12N6P2Ru. The Bertz CT molecular complexity index is 1400. The van der Waals surface area contributed by atoms with Crippen molar-refractivity contribution in [3.63, 3.8) is 0 Å². The van der Waals surface area contributed by atoms with Gasteiger partial charge in [0, 0.05) is 24.8 Å². The van der Waals surface area contributed by atoms with Crippen molar-refractivity contribution in [2.24, 2.45) is 0 Å². The summed E-state index contributed by atoms with van der Waals surface area (Å²) in [6.07, 6.45) is 13.8. The molecule has 5 rings (SSSR count). The van der Waals surface area contributed by atoms with Crippen molar-refractivity contribution in [1.29, 1.82) is 10.8 Å². The summed E-state index contributed by atoms with van der Waals surface area (Å²) in [5.41, 5.74) is 4.23. The first-order valence-corrected chi connectivity index (χ1v) is 16.0. The zero-order valence-corrected chi connectivity index (χ0v) is 26.6. The minimum absolute atomic E-state index is 0. The van der Waals surface area contributed by atoms with Gasteiger partial charge in [-0.1, -0.05) is 36.4 Å². The van der Waals surface area contributed by atoms with Crippen LogP contribution in [0.5, 0.6) is 0 Å². The fourth-order valence-electron chi connectivity index (χ4n) is 2.54. The zero-order valence-electron chi connectivity index (χ0n) is 23.1. The molecular weight excluding hydrogens is 787 g/mol. The molecule has 1 aliphatic carbocycles. The molecule has 21 heteroatoms. The summed E-state index contributed by atoms with van der Waals surface area (Å²) >= 11 is 0. The summed E-state index contributed by atoms with van der Waals surface area (Å²) < 4.78 is 118. The fourth-order valence-corrected chi connectivity index (χ4v) is 2.54. The predicted molar refractivity (Wildman–Crippen MR) is 156 cm³/mol. The van der Waals surface area contributed by atoms with E-state index in [1.54, 1.807) is 49.1 Å². The van der Waals surface area contributed by atoms with Gasteiger partial charge < -0.3 is 0 Å². The second-order valence-corrected chi connectivity index (χ2v) is 12.2. The van der Waals surface area contributed by atoms with Crippen LogP contribution >= 0.6 is 15.6 Å². The van der Waals surface area contributed by atoms with E-state index in [1.165, 1.54) is 0 Å². The first kappa shape index (κ1) is 43.1. The van der Waals surface area contributed by atoms with Gasteiger partial charge in [-0.25, -0.2) is 0 Å². The van der Waals surface area contributed by atoms with E-state index in [9.17, 15) is 50.4 Å². The Kier molecular flexibility index (Phi) is 14.0. The van der Waals surface area contributed by atoms with E-state index < -0.39 is 15.6 Å². The first-order chi connectivity index (χ1) is 20.6. The van der Waals surface area contributed by atoms with Gasteiger partial charge in [-0.2, -0.15) is 0 Å². The summed E-state index contributed by atoms with van der Waals surface area (Å²) in [6.45, 7) is 0. The van der Waals surface area contributed by atoms with Crippen LogP contribution in [0.3, 0.4) is 0 Å². The van der Waals surface area contributed by atoms with Crippen LogP contribution in [0.25, 0.3) is 22.8 Å². The van der Waals surface area contributed by atoms with E-state index in [-0.39, 0.29) is 30.9 Å². The fraction of sp³-hybridized carbons (Fsp3) is 0. The topological polar surface area (TPSA) is 99.3 Å². The minimum Gasteiger partial charge on any atom is -0.299 e. The van der Waals surface area contributed by atoms with Crippen molar-refractivity contribution >= 4 is 27.0 Å². The Morgan fingerprint density at radius 3 is 0.702 bits per heavy atom. The molecule has 0 unspecified atom stereocenters. The molecule has 2 N–H and O–H groups in total. The molecule has 4 aromatic heterocycles. The number of rotatable bonds is 2. The van der Waals surface area contributed by atoms with E-state index in [0.29, 0.717) is 0 Å². The van der Waals surface area contributed by atoms with Gasteiger partial charge in [0.2, 0.25) is 0 Å². The van der Waals surface area contributed by atoms with E-state index in [0.717, 1.165) is 22.8 Å². The maximum Gasteiger partial charge on any atom is 2.00 e. The molecule has 4 heterocycles. The summed E-state index contributed by atoms with van der Waals surface area (Å²) in [5, 5.41) is 14.1. The van der Waals surface area contributed by atoms with E-state index in [2.05, 4.69) is 19.9 Å². The largest absolute Gasteiger partial charge is 2.00 e. The molecule has 0 fully saturated rings. The number of hydrogen-bond acceptors (Lipinski definition) is 6. The zero-order chi connectivity index (χ0) is 35.3. The smallest absolute Gasteiger partial charge is 0.299 e. The number of aromatic nitrogens is 4. The average Bonchev–Trinajstić information content (AvgIpc) is 2.94. The van der Waals surface area contributed by atoms with Gasteiger partial charge in [0.05, 0.1) is 34.2 Å². The molecule has 0 spiro atoms. The quantitative estimate of drug-likeness (QED) is 0.0911. The van der Waals surface area contributed by atoms with Crippen LogP contribution in [-0.4, -0.2) is 31.4 Å². The normalized spacial score (nSPS) is 14.8. The third-order valence-electron chi connectivity index (χ3n) is 4.11. The number of hydrogen-bond donors (Lipinski definition) is 2. The van der Waals surface area contributed by atoms with E-state index >= 15 is 0 Å². The SMILES string of the molecule is F[P-](F)(F)(F)(F)F.F[P-](F)(F)(F)(F)F.N=C1C=CC=CC1=N.[Ru+2].c1ccc(-c2ccccn2)nc1.c1ccc(-c2ccccn2)nc1. The minimum atomic E-state index is -10.7. The summed E-state index contributed by atoms with van der Waals surface area (Å²) in [6, 6.07) is 23.2. The Balaban J connectivity index is 0.000000574. The average molecular weight is 809 g/mol. The van der Waals surface area contributed by atoms with Crippen LogP contribution in [-0.2, 0) is 19.5 Å². The number of nitrogens with zero attached hydrogens (tertiary/aromatic N) is 4. The third-order valence-corrected chi connectivity index (χ3v) is 4.11. The number of halogens is 12. The second kappa shape index (κ2) is 15.3. The van der Waals surface area contributed by atoms with E-state index in [1.807, 2.05) is 72.8 Å². The van der Waals surface area contributed by atoms with Crippen molar-refractivity contribution in [2.75, 3.05) is 0 Å². The molecule has 0 radical (unpaired) electrons. The van der Waals surface area contributed by atoms with Gasteiger partial charge in [-0.3, -0.25) is 30.8 Å². The second-order valence-electron chi connectivity index (χ2n) is 8.32. The molecule has 4 aromatic rings. The molecule has 258 valence electrons. The molecule has 0 aromatic carbocycles. The van der Waals surface area contributed by atoms with Crippen LogP contribution in [0.2, 0.25) is 0 Å². The number of allylic oxidation sites excluding steroid dienone is 4. The van der Waals surface area contributed by atoms with Crippen molar-refractivity contribution in [3.8, 4) is 22.8 Å². The van der Waals surface area contributed by atoms with Gasteiger partial charge in [0.15, 0.2) is 0 Å². The Labute approximate surface area is 272 Å². The van der Waals surface area contributed by atoms with Crippen molar-refractivity contribution in [2.45, 2.75) is 0 Å². The van der Waals surface area contributed by atoms with Crippen LogP contribution < -0.4 is 0 Å². The maximum absolute atomic E-state index is 10.7. The van der Waals surface area contributed by atoms with Crippen LogP contribution in [0, 0.1) is 10.8 Å². The predicted octanol–water partition coefficient (Wildman–Crippen LogP) is 12.2. The van der Waals surface area contributed by atoms with Crippen molar-refractivity contribution in [1.82, 2.24) is 19.9 Å². The summed E-state index contributed by atoms with van der Waals surface area (Å²) in [4.78, 5) is 16.7. The first-order valence-electron chi connectivity index (χ1n) is 11.9. The van der Waals surface area contributed by atoms with Crippen molar-refractivity contribution in [3.05, 3.63) is 122 Å². The Morgan fingerprint density at radius 2 is 0.574 bits per heavy atom. The van der Waals surface area contributed by atoms with Crippen LogP contribution in [0.4, 0.5) is 50.4 Å². The summed E-state index contributed by atoms with van der Waals surface area (Å²) in [5.74, 6) is 0. The van der Waals surface area contributed by atoms with Crippen LogP contribution in [0.1, 0.15) is 0 Å². The third kappa shape index (κ3) is 30.5. The summed E-state index contributed by atoms with van der Waals surface area (Å²) in [7, 11) is -21.3.